The maximum atomic E-state index is 6.30. The molecule has 1 radical (unpaired) electrons. The molecule has 0 N–H and O–H groups in total. The summed E-state index contributed by atoms with van der Waals surface area (Å²) in [6.45, 7) is 2.12. The van der Waals surface area contributed by atoms with E-state index in [1.165, 1.54) is 5.56 Å². The predicted molar refractivity (Wildman–Crippen MR) is 135 cm³/mol. The standard InChI is InChI=1S/C31H19O2/c1-19-16-20(22-10-6-12-26-24-8-2-4-14-28(24)32-30(22)26)18-21(17-19)23-11-7-13-27-25-9-3-5-15-29(25)33-31(23)27/h2-17H,1H3. The van der Waals surface area contributed by atoms with E-state index in [0.717, 1.165) is 66.1 Å². The topological polar surface area (TPSA) is 26.3 Å². The molecule has 0 bridgehead atoms. The van der Waals surface area contributed by atoms with Gasteiger partial charge in [0.15, 0.2) is 0 Å². The smallest absolute Gasteiger partial charge is 0.143 e. The molecule has 0 aliphatic heterocycles. The lowest BCUT2D eigenvalue weighted by atomic mass is 9.94. The van der Waals surface area contributed by atoms with E-state index in [1.54, 1.807) is 0 Å². The first kappa shape index (κ1) is 18.3. The number of hydrogen-bond acceptors (Lipinski definition) is 2. The van der Waals surface area contributed by atoms with Gasteiger partial charge in [0.25, 0.3) is 0 Å². The lowest BCUT2D eigenvalue weighted by Gasteiger charge is -2.09. The molecule has 155 valence electrons. The highest BCUT2D eigenvalue weighted by Gasteiger charge is 2.16. The summed E-state index contributed by atoms with van der Waals surface area (Å²) < 4.78 is 12.6. The molecule has 0 amide bonds. The van der Waals surface area contributed by atoms with E-state index in [4.69, 9.17) is 8.83 Å². The van der Waals surface area contributed by atoms with Gasteiger partial charge in [0, 0.05) is 32.7 Å². The summed E-state index contributed by atoms with van der Waals surface area (Å²) in [7, 11) is 0. The van der Waals surface area contributed by atoms with E-state index in [-0.39, 0.29) is 0 Å². The SMILES string of the molecule is Cc1cc(-c2cccc3c2oc2ccccc23)[c]c(-c2cccc3c2oc2ccccc23)c1. The zero-order chi connectivity index (χ0) is 21.9. The van der Waals surface area contributed by atoms with Crippen LogP contribution in [-0.2, 0) is 0 Å². The van der Waals surface area contributed by atoms with Crippen LogP contribution in [0.2, 0.25) is 0 Å². The van der Waals surface area contributed by atoms with Crippen molar-refractivity contribution >= 4 is 43.9 Å². The minimum atomic E-state index is 0.897. The number of para-hydroxylation sites is 4. The van der Waals surface area contributed by atoms with Crippen molar-refractivity contribution in [3.63, 3.8) is 0 Å². The van der Waals surface area contributed by atoms with Gasteiger partial charge in [-0.25, -0.2) is 0 Å². The molecule has 0 saturated carbocycles. The van der Waals surface area contributed by atoms with E-state index in [2.05, 4.69) is 85.8 Å². The van der Waals surface area contributed by atoms with Crippen LogP contribution in [0.4, 0.5) is 0 Å². The summed E-state index contributed by atoms with van der Waals surface area (Å²) in [5, 5.41) is 4.52. The van der Waals surface area contributed by atoms with Crippen LogP contribution in [0.3, 0.4) is 0 Å². The molecular formula is C31H19O2. The first-order chi connectivity index (χ1) is 16.3. The predicted octanol–water partition coefficient (Wildman–Crippen LogP) is 8.93. The van der Waals surface area contributed by atoms with Gasteiger partial charge in [-0.3, -0.25) is 0 Å². The van der Waals surface area contributed by atoms with Crippen LogP contribution in [0.5, 0.6) is 0 Å². The van der Waals surface area contributed by atoms with Crippen LogP contribution in [0.25, 0.3) is 66.1 Å². The second kappa shape index (κ2) is 6.85. The van der Waals surface area contributed by atoms with Gasteiger partial charge >= 0.3 is 0 Å². The molecule has 2 nitrogen and oxygen atoms in total. The quantitative estimate of drug-likeness (QED) is 0.277. The Hall–Kier alpha value is -4.30. The highest BCUT2D eigenvalue weighted by atomic mass is 16.3. The van der Waals surface area contributed by atoms with Gasteiger partial charge in [0.2, 0.25) is 0 Å². The number of rotatable bonds is 2. The molecular weight excluding hydrogens is 404 g/mol. The second-order valence-electron chi connectivity index (χ2n) is 8.55. The van der Waals surface area contributed by atoms with Gasteiger partial charge in [0.1, 0.15) is 22.3 Å². The van der Waals surface area contributed by atoms with Crippen LogP contribution in [0.1, 0.15) is 5.56 Å². The number of hydrogen-bond donors (Lipinski definition) is 0. The van der Waals surface area contributed by atoms with E-state index >= 15 is 0 Å². The number of furan rings is 2. The van der Waals surface area contributed by atoms with Crippen LogP contribution in [0.15, 0.2) is 106 Å². The highest BCUT2D eigenvalue weighted by Crippen LogP contribution is 2.39. The molecule has 2 aromatic heterocycles. The molecule has 0 aliphatic carbocycles. The van der Waals surface area contributed by atoms with Gasteiger partial charge in [-0.2, -0.15) is 0 Å². The average Bonchev–Trinajstić information content (AvgIpc) is 3.42. The Morgan fingerprint density at radius 2 is 0.970 bits per heavy atom. The van der Waals surface area contributed by atoms with Crippen molar-refractivity contribution in [3.05, 3.63) is 109 Å². The number of aryl methyl sites for hydroxylation is 1. The van der Waals surface area contributed by atoms with Crippen LogP contribution >= 0.6 is 0 Å². The monoisotopic (exact) mass is 423 g/mol. The summed E-state index contributed by atoms with van der Waals surface area (Å²) >= 11 is 0. The normalized spacial score (nSPS) is 11.8. The van der Waals surface area contributed by atoms with E-state index in [0.29, 0.717) is 0 Å². The minimum Gasteiger partial charge on any atom is -0.455 e. The van der Waals surface area contributed by atoms with Gasteiger partial charge in [-0.05, 0) is 41.8 Å². The molecule has 2 heteroatoms. The number of benzene rings is 5. The third-order valence-corrected chi connectivity index (χ3v) is 6.40. The Morgan fingerprint density at radius 1 is 0.515 bits per heavy atom. The maximum absolute atomic E-state index is 6.30. The van der Waals surface area contributed by atoms with Gasteiger partial charge < -0.3 is 8.83 Å². The van der Waals surface area contributed by atoms with Gasteiger partial charge in [0.05, 0.1) is 0 Å². The second-order valence-corrected chi connectivity index (χ2v) is 8.55. The molecule has 33 heavy (non-hydrogen) atoms. The summed E-state index contributed by atoms with van der Waals surface area (Å²) in [6.07, 6.45) is 0. The van der Waals surface area contributed by atoms with Crippen LogP contribution in [-0.4, -0.2) is 0 Å². The summed E-state index contributed by atoms with van der Waals surface area (Å²) in [4.78, 5) is 0. The highest BCUT2D eigenvalue weighted by molar-refractivity contribution is 6.11. The fraction of sp³-hybridized carbons (Fsp3) is 0.0323. The van der Waals surface area contributed by atoms with E-state index < -0.39 is 0 Å². The minimum absolute atomic E-state index is 0.897. The lowest BCUT2D eigenvalue weighted by molar-refractivity contribution is 0.670. The average molecular weight is 423 g/mol. The van der Waals surface area contributed by atoms with Gasteiger partial charge in [-0.1, -0.05) is 84.9 Å². The third kappa shape index (κ3) is 2.74. The molecule has 2 heterocycles. The fourth-order valence-corrected chi connectivity index (χ4v) is 4.92. The Kier molecular flexibility index (Phi) is 3.80. The van der Waals surface area contributed by atoms with Crippen molar-refractivity contribution < 1.29 is 8.83 Å². The zero-order valence-corrected chi connectivity index (χ0v) is 18.1. The van der Waals surface area contributed by atoms with Crippen molar-refractivity contribution in [1.29, 1.82) is 0 Å². The first-order valence-corrected chi connectivity index (χ1v) is 11.1. The van der Waals surface area contributed by atoms with E-state index in [1.807, 2.05) is 24.3 Å². The fourth-order valence-electron chi connectivity index (χ4n) is 4.92. The molecule has 0 spiro atoms. The van der Waals surface area contributed by atoms with E-state index in [9.17, 15) is 0 Å². The first-order valence-electron chi connectivity index (χ1n) is 11.1. The molecule has 7 aromatic rings. The molecule has 0 atom stereocenters. The van der Waals surface area contributed by atoms with Crippen molar-refractivity contribution in [2.45, 2.75) is 6.92 Å². The van der Waals surface area contributed by atoms with Crippen LogP contribution < -0.4 is 0 Å². The van der Waals surface area contributed by atoms with Crippen molar-refractivity contribution in [2.75, 3.05) is 0 Å². The molecule has 0 aliphatic rings. The summed E-state index contributed by atoms with van der Waals surface area (Å²) in [5.74, 6) is 0. The third-order valence-electron chi connectivity index (χ3n) is 6.40. The van der Waals surface area contributed by atoms with Crippen molar-refractivity contribution in [2.24, 2.45) is 0 Å². The molecule has 7 rings (SSSR count). The maximum Gasteiger partial charge on any atom is 0.143 e. The van der Waals surface area contributed by atoms with Crippen LogP contribution in [0, 0.1) is 13.0 Å². The Morgan fingerprint density at radius 3 is 1.48 bits per heavy atom. The summed E-state index contributed by atoms with van der Waals surface area (Å²) in [6, 6.07) is 37.0. The Labute approximate surface area is 190 Å². The molecule has 5 aromatic carbocycles. The largest absolute Gasteiger partial charge is 0.455 e. The Balaban J connectivity index is 1.48. The Bertz CT molecular complexity index is 1700. The zero-order valence-electron chi connectivity index (χ0n) is 18.1. The molecule has 0 fully saturated rings. The summed E-state index contributed by atoms with van der Waals surface area (Å²) in [5.41, 5.74) is 8.89. The molecule has 0 unspecified atom stereocenters. The lowest BCUT2D eigenvalue weighted by Crippen LogP contribution is -1.86. The van der Waals surface area contributed by atoms with Crippen molar-refractivity contribution in [1.82, 2.24) is 0 Å². The number of fused-ring (bicyclic) bond motifs is 6. The van der Waals surface area contributed by atoms with Gasteiger partial charge in [-0.15, -0.1) is 0 Å². The van der Waals surface area contributed by atoms with Crippen molar-refractivity contribution in [3.8, 4) is 22.3 Å². The molecule has 0 saturated heterocycles.